The zero-order valence-corrected chi connectivity index (χ0v) is 15.0. The molecule has 0 aromatic heterocycles. The number of carbonyl (C=O) groups is 3. The van der Waals surface area contributed by atoms with Crippen molar-refractivity contribution in [1.82, 2.24) is 4.90 Å². The Balaban J connectivity index is 1.97. The fraction of sp³-hybridized carbons (Fsp3) is 0.750. The van der Waals surface area contributed by atoms with Crippen LogP contribution in [0.2, 0.25) is 0 Å². The highest BCUT2D eigenvalue weighted by Crippen LogP contribution is 2.41. The Morgan fingerprint density at radius 2 is 1.88 bits per heavy atom. The van der Waals surface area contributed by atoms with E-state index in [0.717, 1.165) is 6.42 Å². The molecule has 1 aliphatic heterocycles. The predicted octanol–water partition coefficient (Wildman–Crippen LogP) is 1.30. The molecule has 9 nitrogen and oxygen atoms in total. The molecule has 0 aromatic rings. The van der Waals surface area contributed by atoms with Gasteiger partial charge in [0.05, 0.1) is 6.04 Å². The summed E-state index contributed by atoms with van der Waals surface area (Å²) >= 11 is 0. The fourth-order valence-electron chi connectivity index (χ4n) is 2.59. The highest BCUT2D eigenvalue weighted by molar-refractivity contribution is 5.91. The molecule has 0 radical (unpaired) electrons. The van der Waals surface area contributed by atoms with Crippen molar-refractivity contribution < 1.29 is 28.7 Å². The molecule has 1 amide bonds. The van der Waals surface area contributed by atoms with Crippen LogP contribution in [0, 0.1) is 0 Å². The number of amides is 1. The molecule has 1 aliphatic carbocycles. The van der Waals surface area contributed by atoms with Gasteiger partial charge in [-0.25, -0.2) is 9.59 Å². The summed E-state index contributed by atoms with van der Waals surface area (Å²) in [5, 5.41) is 3.65. The largest absolute Gasteiger partial charge is 0.447 e. The zero-order valence-electron chi connectivity index (χ0n) is 15.0. The Bertz CT molecular complexity index is 591. The minimum absolute atomic E-state index is 0.00957. The number of nitrogens with zero attached hydrogens (tertiary/aromatic N) is 2. The third-order valence-electron chi connectivity index (χ3n) is 3.87. The van der Waals surface area contributed by atoms with E-state index in [9.17, 15) is 14.4 Å². The smallest absolute Gasteiger partial charge is 0.410 e. The number of amidine groups is 1. The van der Waals surface area contributed by atoms with E-state index in [1.165, 1.54) is 11.8 Å². The van der Waals surface area contributed by atoms with Gasteiger partial charge in [0.25, 0.3) is 0 Å². The standard InChI is InChI=1S/C16H25N3O6/c1-10(20)23-16(7-8-16)13(21)25-18-12(17)11-6-5-9-19(11)14(22)24-15(2,3)4/h11H,5-9H2,1-4H3,(H2,17,18)/t11-/m0/s1. The summed E-state index contributed by atoms with van der Waals surface area (Å²) in [5.74, 6) is -1.30. The van der Waals surface area contributed by atoms with E-state index < -0.39 is 35.3 Å². The van der Waals surface area contributed by atoms with Crippen LogP contribution in [0.1, 0.15) is 53.4 Å². The van der Waals surface area contributed by atoms with Crippen LogP contribution in [-0.2, 0) is 23.9 Å². The summed E-state index contributed by atoms with van der Waals surface area (Å²) in [6, 6.07) is -0.494. The van der Waals surface area contributed by atoms with Crippen LogP contribution < -0.4 is 5.73 Å². The Kier molecular flexibility index (Phi) is 5.24. The van der Waals surface area contributed by atoms with Gasteiger partial charge in [-0.05, 0) is 33.6 Å². The van der Waals surface area contributed by atoms with Crippen molar-refractivity contribution in [2.75, 3.05) is 6.54 Å². The Labute approximate surface area is 146 Å². The summed E-state index contributed by atoms with van der Waals surface area (Å²) in [7, 11) is 0. The maximum Gasteiger partial charge on any atom is 0.410 e. The third kappa shape index (κ3) is 4.83. The Morgan fingerprint density at radius 1 is 1.24 bits per heavy atom. The van der Waals surface area contributed by atoms with Gasteiger partial charge >= 0.3 is 18.0 Å². The molecule has 9 heteroatoms. The van der Waals surface area contributed by atoms with E-state index in [0.29, 0.717) is 25.8 Å². The molecule has 1 heterocycles. The minimum atomic E-state index is -1.24. The topological polar surface area (TPSA) is 121 Å². The SMILES string of the molecule is CC(=O)OC1(C(=O)ON=C(N)[C@@H]2CCCN2C(=O)OC(C)(C)C)CC1. The van der Waals surface area contributed by atoms with Gasteiger partial charge in [-0.15, -0.1) is 0 Å². The van der Waals surface area contributed by atoms with Crippen LogP contribution in [-0.4, -0.2) is 52.6 Å². The minimum Gasteiger partial charge on any atom is -0.447 e. The first kappa shape index (κ1) is 19.0. The van der Waals surface area contributed by atoms with E-state index >= 15 is 0 Å². The second kappa shape index (κ2) is 6.89. The van der Waals surface area contributed by atoms with Gasteiger partial charge < -0.3 is 20.0 Å². The van der Waals surface area contributed by atoms with Crippen molar-refractivity contribution in [3.05, 3.63) is 0 Å². The number of carbonyl (C=O) groups excluding carboxylic acids is 3. The summed E-state index contributed by atoms with van der Waals surface area (Å²) in [5.41, 5.74) is 4.04. The Morgan fingerprint density at radius 3 is 2.40 bits per heavy atom. The number of hydrogen-bond acceptors (Lipinski definition) is 7. The molecule has 0 unspecified atom stereocenters. The molecule has 140 valence electrons. The first-order valence-corrected chi connectivity index (χ1v) is 8.28. The Hall–Kier alpha value is -2.32. The second-order valence-corrected chi connectivity index (χ2v) is 7.31. The normalized spacial score (nSPS) is 22.3. The molecule has 2 rings (SSSR count). The molecule has 2 aliphatic rings. The number of oxime groups is 1. The van der Waals surface area contributed by atoms with Crippen LogP contribution >= 0.6 is 0 Å². The van der Waals surface area contributed by atoms with Crippen molar-refractivity contribution in [3.8, 4) is 0 Å². The van der Waals surface area contributed by atoms with Crippen LogP contribution in [0.15, 0.2) is 5.16 Å². The fourth-order valence-corrected chi connectivity index (χ4v) is 2.59. The highest BCUT2D eigenvalue weighted by atomic mass is 16.7. The van der Waals surface area contributed by atoms with Crippen molar-refractivity contribution in [2.45, 2.75) is 70.6 Å². The number of nitrogens with two attached hydrogens (primary N) is 1. The highest BCUT2D eigenvalue weighted by Gasteiger charge is 2.56. The molecule has 2 N–H and O–H groups in total. The number of likely N-dealkylation sites (tertiary alicyclic amines) is 1. The van der Waals surface area contributed by atoms with Crippen molar-refractivity contribution in [3.63, 3.8) is 0 Å². The van der Waals surface area contributed by atoms with E-state index in [4.69, 9.17) is 20.0 Å². The van der Waals surface area contributed by atoms with Gasteiger partial charge in [0.2, 0.25) is 5.60 Å². The zero-order chi connectivity index (χ0) is 18.8. The number of rotatable bonds is 4. The van der Waals surface area contributed by atoms with Crippen molar-refractivity contribution in [2.24, 2.45) is 10.9 Å². The maximum absolute atomic E-state index is 12.2. The van der Waals surface area contributed by atoms with E-state index in [2.05, 4.69) is 5.16 Å². The van der Waals surface area contributed by atoms with Gasteiger partial charge in [0.1, 0.15) is 5.60 Å². The lowest BCUT2D eigenvalue weighted by Gasteiger charge is -2.28. The number of ether oxygens (including phenoxy) is 2. The molecule has 2 fully saturated rings. The van der Waals surface area contributed by atoms with E-state index in [1.54, 1.807) is 20.8 Å². The average Bonchev–Trinajstić information content (AvgIpc) is 3.08. The van der Waals surface area contributed by atoms with Crippen LogP contribution in [0.5, 0.6) is 0 Å². The van der Waals surface area contributed by atoms with Gasteiger partial charge in [0.15, 0.2) is 5.84 Å². The van der Waals surface area contributed by atoms with Crippen LogP contribution in [0.3, 0.4) is 0 Å². The monoisotopic (exact) mass is 355 g/mol. The molecule has 0 bridgehead atoms. The summed E-state index contributed by atoms with van der Waals surface area (Å²) < 4.78 is 10.3. The maximum atomic E-state index is 12.2. The van der Waals surface area contributed by atoms with Gasteiger partial charge in [0, 0.05) is 26.3 Å². The lowest BCUT2D eigenvalue weighted by atomic mass is 10.2. The first-order valence-electron chi connectivity index (χ1n) is 8.28. The molecule has 1 atom stereocenters. The lowest BCUT2D eigenvalue weighted by Crippen LogP contribution is -2.46. The predicted molar refractivity (Wildman–Crippen MR) is 87.4 cm³/mol. The number of esters is 1. The molecule has 25 heavy (non-hydrogen) atoms. The molecule has 0 spiro atoms. The van der Waals surface area contributed by atoms with Crippen LogP contribution in [0.4, 0.5) is 4.79 Å². The quantitative estimate of drug-likeness (QED) is 0.265. The molecule has 0 aromatic carbocycles. The molecule has 1 saturated carbocycles. The van der Waals surface area contributed by atoms with Gasteiger partial charge in [-0.2, -0.15) is 0 Å². The van der Waals surface area contributed by atoms with Gasteiger partial charge in [-0.1, -0.05) is 5.16 Å². The molecule has 1 saturated heterocycles. The second-order valence-electron chi connectivity index (χ2n) is 7.31. The van der Waals surface area contributed by atoms with Crippen molar-refractivity contribution >= 4 is 23.9 Å². The molecular formula is C16H25N3O6. The number of hydrogen-bond donors (Lipinski definition) is 1. The van der Waals surface area contributed by atoms with Crippen LogP contribution in [0.25, 0.3) is 0 Å². The lowest BCUT2D eigenvalue weighted by molar-refractivity contribution is -0.170. The third-order valence-corrected chi connectivity index (χ3v) is 3.87. The first-order chi connectivity index (χ1) is 11.5. The van der Waals surface area contributed by atoms with E-state index in [1.807, 2.05) is 0 Å². The van der Waals surface area contributed by atoms with Gasteiger partial charge in [-0.3, -0.25) is 9.69 Å². The summed E-state index contributed by atoms with van der Waals surface area (Å²) in [4.78, 5) is 41.6. The average molecular weight is 355 g/mol. The summed E-state index contributed by atoms with van der Waals surface area (Å²) in [6.45, 7) is 7.04. The van der Waals surface area contributed by atoms with Crippen molar-refractivity contribution in [1.29, 1.82) is 0 Å². The molecular weight excluding hydrogens is 330 g/mol. The van der Waals surface area contributed by atoms with E-state index in [-0.39, 0.29) is 5.84 Å². The summed E-state index contributed by atoms with van der Waals surface area (Å²) in [6.07, 6.45) is 1.65.